The zero-order chi connectivity index (χ0) is 11.5. The molecule has 0 bridgehead atoms. The van der Waals surface area contributed by atoms with Crippen LogP contribution >= 0.6 is 15.9 Å². The number of nitrogens with zero attached hydrogens (tertiary/aromatic N) is 3. The molecule has 0 aliphatic carbocycles. The minimum atomic E-state index is -0.284. The molecule has 0 aliphatic heterocycles. The van der Waals surface area contributed by atoms with Crippen LogP contribution in [-0.4, -0.2) is 26.5 Å². The van der Waals surface area contributed by atoms with E-state index in [1.54, 1.807) is 6.07 Å². The smallest absolute Gasteiger partial charge is 0.270 e. The van der Waals surface area contributed by atoms with Crippen LogP contribution in [0.25, 0.3) is 0 Å². The fourth-order valence-electron chi connectivity index (χ4n) is 1.19. The Bertz CT molecular complexity index is 511. The van der Waals surface area contributed by atoms with Gasteiger partial charge in [-0.15, -0.1) is 5.10 Å². The maximum atomic E-state index is 11.8. The van der Waals surface area contributed by atoms with Crippen molar-refractivity contribution >= 4 is 27.8 Å². The first kappa shape index (κ1) is 10.7. The minimum Gasteiger partial charge on any atom is -0.288 e. The van der Waals surface area contributed by atoms with Crippen molar-refractivity contribution in [2.75, 3.05) is 5.32 Å². The number of halogens is 1. The number of H-pyrrole nitrogens is 1. The number of aromatic amines is 1. The predicted octanol–water partition coefficient (Wildman–Crippen LogP) is 1.52. The third-order valence-electron chi connectivity index (χ3n) is 1.94. The van der Waals surface area contributed by atoms with Crippen molar-refractivity contribution in [2.45, 2.75) is 6.92 Å². The number of aryl methyl sites for hydroxylation is 1. The van der Waals surface area contributed by atoms with E-state index in [2.05, 4.69) is 41.9 Å². The molecule has 1 aromatic carbocycles. The van der Waals surface area contributed by atoms with Gasteiger partial charge in [-0.2, -0.15) is 5.21 Å². The molecule has 0 fully saturated rings. The first-order valence-corrected chi connectivity index (χ1v) is 5.27. The molecule has 1 amide bonds. The molecular formula is C9H8BrN5O. The molecule has 7 heteroatoms. The molecule has 2 aromatic rings. The first-order chi connectivity index (χ1) is 7.66. The van der Waals surface area contributed by atoms with E-state index in [0.717, 1.165) is 10.0 Å². The van der Waals surface area contributed by atoms with Crippen LogP contribution in [0.15, 0.2) is 22.7 Å². The molecule has 0 saturated heterocycles. The summed E-state index contributed by atoms with van der Waals surface area (Å²) in [5, 5.41) is 15.4. The van der Waals surface area contributed by atoms with E-state index < -0.39 is 0 Å². The van der Waals surface area contributed by atoms with Crippen molar-refractivity contribution < 1.29 is 4.79 Å². The third-order valence-corrected chi connectivity index (χ3v) is 2.60. The lowest BCUT2D eigenvalue weighted by Crippen LogP contribution is -2.13. The van der Waals surface area contributed by atoms with E-state index in [-0.39, 0.29) is 11.9 Å². The van der Waals surface area contributed by atoms with E-state index in [1.165, 1.54) is 0 Å². The van der Waals surface area contributed by atoms with E-state index in [1.807, 2.05) is 19.1 Å². The average Bonchev–Trinajstić information content (AvgIpc) is 2.70. The van der Waals surface area contributed by atoms with Crippen molar-refractivity contribution in [1.29, 1.82) is 0 Å². The van der Waals surface area contributed by atoms with Crippen molar-refractivity contribution in [3.63, 3.8) is 0 Å². The highest BCUT2D eigenvalue weighted by molar-refractivity contribution is 9.10. The van der Waals surface area contributed by atoms with Crippen LogP contribution in [0.5, 0.6) is 0 Å². The van der Waals surface area contributed by atoms with E-state index in [0.29, 0.717) is 5.56 Å². The number of benzene rings is 1. The Morgan fingerprint density at radius 2 is 2.31 bits per heavy atom. The summed E-state index contributed by atoms with van der Waals surface area (Å²) in [6.07, 6.45) is 0. The summed E-state index contributed by atoms with van der Waals surface area (Å²) in [7, 11) is 0. The third kappa shape index (κ3) is 2.25. The topological polar surface area (TPSA) is 83.6 Å². The molecule has 0 saturated carbocycles. The van der Waals surface area contributed by atoms with Crippen LogP contribution in [-0.2, 0) is 0 Å². The van der Waals surface area contributed by atoms with Crippen molar-refractivity contribution in [3.8, 4) is 0 Å². The lowest BCUT2D eigenvalue weighted by atomic mass is 10.1. The molecule has 0 atom stereocenters. The molecule has 82 valence electrons. The quantitative estimate of drug-likeness (QED) is 0.874. The zero-order valence-corrected chi connectivity index (χ0v) is 9.95. The summed E-state index contributed by atoms with van der Waals surface area (Å²) >= 11 is 3.33. The van der Waals surface area contributed by atoms with E-state index in [4.69, 9.17) is 0 Å². The Hall–Kier alpha value is -1.76. The predicted molar refractivity (Wildman–Crippen MR) is 61.0 cm³/mol. The maximum Gasteiger partial charge on any atom is 0.270 e. The molecule has 0 radical (unpaired) electrons. The van der Waals surface area contributed by atoms with Gasteiger partial charge in [0.2, 0.25) is 0 Å². The van der Waals surface area contributed by atoms with Gasteiger partial charge in [-0.05, 0) is 45.8 Å². The molecule has 0 spiro atoms. The summed E-state index contributed by atoms with van der Waals surface area (Å²) in [4.78, 5) is 11.8. The number of hydrogen-bond donors (Lipinski definition) is 2. The number of carbonyl (C=O) groups excluding carboxylic acids is 1. The number of amides is 1. The molecule has 0 aliphatic rings. The molecular weight excluding hydrogens is 274 g/mol. The second-order valence-electron chi connectivity index (χ2n) is 3.17. The molecule has 2 rings (SSSR count). The van der Waals surface area contributed by atoms with Crippen molar-refractivity contribution in [3.05, 3.63) is 33.8 Å². The van der Waals surface area contributed by atoms with Crippen LogP contribution in [0.1, 0.15) is 15.9 Å². The van der Waals surface area contributed by atoms with Gasteiger partial charge in [-0.25, -0.2) is 0 Å². The molecule has 16 heavy (non-hydrogen) atoms. The van der Waals surface area contributed by atoms with Crippen LogP contribution in [0.2, 0.25) is 0 Å². The van der Waals surface area contributed by atoms with Gasteiger partial charge in [0.25, 0.3) is 11.9 Å². The zero-order valence-electron chi connectivity index (χ0n) is 8.36. The van der Waals surface area contributed by atoms with Crippen LogP contribution < -0.4 is 5.32 Å². The van der Waals surface area contributed by atoms with Gasteiger partial charge in [-0.3, -0.25) is 10.1 Å². The van der Waals surface area contributed by atoms with Crippen LogP contribution in [0.4, 0.5) is 5.95 Å². The van der Waals surface area contributed by atoms with E-state index in [9.17, 15) is 4.79 Å². The number of hydrogen-bond acceptors (Lipinski definition) is 4. The Kier molecular flexibility index (Phi) is 2.95. The SMILES string of the molecule is Cc1ccc(C(=O)Nc2nn[nH]n2)c(Br)c1. The van der Waals surface area contributed by atoms with Gasteiger partial charge in [0.1, 0.15) is 0 Å². The largest absolute Gasteiger partial charge is 0.288 e. The average molecular weight is 282 g/mol. The van der Waals surface area contributed by atoms with Gasteiger partial charge in [0, 0.05) is 4.47 Å². The fraction of sp³-hybridized carbons (Fsp3) is 0.111. The number of tetrazole rings is 1. The Labute approximate surface area is 99.6 Å². The molecule has 6 nitrogen and oxygen atoms in total. The van der Waals surface area contributed by atoms with Gasteiger partial charge in [0.15, 0.2) is 0 Å². The van der Waals surface area contributed by atoms with Crippen molar-refractivity contribution in [2.24, 2.45) is 0 Å². The minimum absolute atomic E-state index is 0.150. The number of carbonyl (C=O) groups is 1. The highest BCUT2D eigenvalue weighted by atomic mass is 79.9. The second kappa shape index (κ2) is 4.40. The van der Waals surface area contributed by atoms with Crippen LogP contribution in [0.3, 0.4) is 0 Å². The monoisotopic (exact) mass is 281 g/mol. The molecule has 1 heterocycles. The molecule has 2 N–H and O–H groups in total. The summed E-state index contributed by atoms with van der Waals surface area (Å²) in [6.45, 7) is 1.95. The Morgan fingerprint density at radius 3 is 2.94 bits per heavy atom. The highest BCUT2D eigenvalue weighted by Crippen LogP contribution is 2.18. The number of nitrogens with one attached hydrogen (secondary N) is 2. The van der Waals surface area contributed by atoms with Crippen LogP contribution in [0, 0.1) is 6.92 Å². The highest BCUT2D eigenvalue weighted by Gasteiger charge is 2.11. The second-order valence-corrected chi connectivity index (χ2v) is 4.03. The lowest BCUT2D eigenvalue weighted by Gasteiger charge is -2.04. The maximum absolute atomic E-state index is 11.8. The van der Waals surface area contributed by atoms with Gasteiger partial charge in [-0.1, -0.05) is 11.2 Å². The Morgan fingerprint density at radius 1 is 1.50 bits per heavy atom. The van der Waals surface area contributed by atoms with Gasteiger partial charge < -0.3 is 0 Å². The molecule has 1 aromatic heterocycles. The lowest BCUT2D eigenvalue weighted by molar-refractivity contribution is 0.102. The summed E-state index contributed by atoms with van der Waals surface area (Å²) in [5.74, 6) is -0.134. The summed E-state index contributed by atoms with van der Waals surface area (Å²) in [5.41, 5.74) is 1.60. The Balaban J connectivity index is 2.21. The summed E-state index contributed by atoms with van der Waals surface area (Å²) < 4.78 is 0.730. The fourth-order valence-corrected chi connectivity index (χ4v) is 1.86. The standard InChI is InChI=1S/C9H8BrN5O/c1-5-2-3-6(7(10)4-5)8(16)11-9-12-14-15-13-9/h2-4H,1H3,(H2,11,12,13,14,15,16). The number of anilines is 1. The molecule has 0 unspecified atom stereocenters. The normalized spacial score (nSPS) is 10.1. The van der Waals surface area contributed by atoms with E-state index >= 15 is 0 Å². The number of aromatic nitrogens is 4. The first-order valence-electron chi connectivity index (χ1n) is 4.48. The number of rotatable bonds is 2. The van der Waals surface area contributed by atoms with Gasteiger partial charge >= 0.3 is 0 Å². The van der Waals surface area contributed by atoms with Gasteiger partial charge in [0.05, 0.1) is 5.56 Å². The van der Waals surface area contributed by atoms with Crippen molar-refractivity contribution in [1.82, 2.24) is 20.6 Å². The summed E-state index contributed by atoms with van der Waals surface area (Å²) in [6, 6.07) is 5.45.